The molecule has 2 rings (SSSR count). The lowest BCUT2D eigenvalue weighted by Crippen LogP contribution is -2.11. The number of hydrogen-bond acceptors (Lipinski definition) is 4. The highest BCUT2D eigenvalue weighted by molar-refractivity contribution is 6.04. The van der Waals surface area contributed by atoms with Crippen molar-refractivity contribution in [2.75, 3.05) is 5.32 Å². The minimum Gasteiger partial charge on any atom is -0.508 e. The maximum absolute atomic E-state index is 11.9. The predicted octanol–water partition coefficient (Wildman–Crippen LogP) is 2.22. The van der Waals surface area contributed by atoms with E-state index in [4.69, 9.17) is 5.26 Å². The molecule has 0 aliphatic carbocycles. The van der Waals surface area contributed by atoms with Gasteiger partial charge in [0.05, 0.1) is 11.6 Å². The first-order valence-corrected chi connectivity index (χ1v) is 5.43. The van der Waals surface area contributed by atoms with Gasteiger partial charge in [0.15, 0.2) is 0 Å². The molecule has 0 aliphatic heterocycles. The highest BCUT2D eigenvalue weighted by Gasteiger charge is 2.09. The Labute approximate surface area is 109 Å². The third kappa shape index (κ3) is 3.01. The van der Waals surface area contributed by atoms with Gasteiger partial charge in [-0.05, 0) is 30.3 Å². The van der Waals surface area contributed by atoms with Crippen LogP contribution >= 0.6 is 0 Å². The van der Waals surface area contributed by atoms with Crippen LogP contribution in [-0.4, -0.2) is 16.1 Å². The summed E-state index contributed by atoms with van der Waals surface area (Å²) < 4.78 is 0. The lowest BCUT2D eigenvalue weighted by atomic mass is 10.1. The topological polar surface area (TPSA) is 93.4 Å². The Hall–Kier alpha value is -3.00. The Balaban J connectivity index is 2.23. The van der Waals surface area contributed by atoms with E-state index in [9.17, 15) is 15.0 Å². The van der Waals surface area contributed by atoms with Crippen LogP contribution in [0, 0.1) is 11.3 Å². The summed E-state index contributed by atoms with van der Waals surface area (Å²) in [6, 6.07) is 12.0. The Bertz CT molecular complexity index is 654. The minimum absolute atomic E-state index is 0.125. The van der Waals surface area contributed by atoms with Gasteiger partial charge in [0.2, 0.25) is 0 Å². The molecule has 0 saturated heterocycles. The Morgan fingerprint density at radius 1 is 1.11 bits per heavy atom. The van der Waals surface area contributed by atoms with Crippen molar-refractivity contribution in [2.45, 2.75) is 0 Å². The fourth-order valence-electron chi connectivity index (χ4n) is 1.60. The van der Waals surface area contributed by atoms with Gasteiger partial charge >= 0.3 is 0 Å². The molecule has 5 heteroatoms. The molecule has 5 nitrogen and oxygen atoms in total. The average Bonchev–Trinajstić information content (AvgIpc) is 2.37. The normalized spacial score (nSPS) is 9.63. The second-order valence-corrected chi connectivity index (χ2v) is 3.88. The molecule has 0 aromatic heterocycles. The van der Waals surface area contributed by atoms with E-state index in [1.54, 1.807) is 18.2 Å². The monoisotopic (exact) mass is 254 g/mol. The molecule has 1 amide bonds. The summed E-state index contributed by atoms with van der Waals surface area (Å²) >= 11 is 0. The number of nitrogens with zero attached hydrogens (tertiary/aromatic N) is 1. The second-order valence-electron chi connectivity index (χ2n) is 3.88. The zero-order valence-corrected chi connectivity index (χ0v) is 9.79. The van der Waals surface area contributed by atoms with Crippen LogP contribution in [0.25, 0.3) is 0 Å². The summed E-state index contributed by atoms with van der Waals surface area (Å²) in [5.41, 5.74) is 1.02. The summed E-state index contributed by atoms with van der Waals surface area (Å²) in [6.07, 6.45) is 0. The summed E-state index contributed by atoms with van der Waals surface area (Å²) in [5.74, 6) is -0.881. The number of nitriles is 1. The number of anilines is 1. The number of rotatable bonds is 2. The van der Waals surface area contributed by atoms with E-state index >= 15 is 0 Å². The first kappa shape index (κ1) is 12.5. The van der Waals surface area contributed by atoms with Crippen LogP contribution in [0.2, 0.25) is 0 Å². The zero-order valence-electron chi connectivity index (χ0n) is 9.79. The van der Waals surface area contributed by atoms with Crippen molar-refractivity contribution in [3.8, 4) is 17.6 Å². The van der Waals surface area contributed by atoms with Gasteiger partial charge in [0.25, 0.3) is 5.91 Å². The van der Waals surface area contributed by atoms with Gasteiger partial charge in [0.1, 0.15) is 11.5 Å². The molecule has 0 aliphatic rings. The zero-order chi connectivity index (χ0) is 13.8. The molecular weight excluding hydrogens is 244 g/mol. The van der Waals surface area contributed by atoms with E-state index in [0.29, 0.717) is 11.3 Å². The average molecular weight is 254 g/mol. The van der Waals surface area contributed by atoms with Crippen LogP contribution < -0.4 is 5.32 Å². The molecule has 2 aromatic rings. The van der Waals surface area contributed by atoms with Crippen LogP contribution in [0.3, 0.4) is 0 Å². The molecule has 0 bridgehead atoms. The van der Waals surface area contributed by atoms with E-state index in [0.717, 1.165) is 6.07 Å². The van der Waals surface area contributed by atoms with E-state index in [-0.39, 0.29) is 17.1 Å². The number of benzene rings is 2. The van der Waals surface area contributed by atoms with E-state index in [2.05, 4.69) is 5.32 Å². The number of aromatic hydroxyl groups is 2. The molecule has 0 saturated carbocycles. The Morgan fingerprint density at radius 3 is 2.42 bits per heavy atom. The molecule has 94 valence electrons. The summed E-state index contributed by atoms with van der Waals surface area (Å²) in [5, 5.41) is 29.9. The molecule has 2 aromatic carbocycles. The van der Waals surface area contributed by atoms with Crippen LogP contribution in [-0.2, 0) is 0 Å². The van der Waals surface area contributed by atoms with Gasteiger partial charge < -0.3 is 15.5 Å². The predicted molar refractivity (Wildman–Crippen MR) is 68.9 cm³/mol. The van der Waals surface area contributed by atoms with Crippen molar-refractivity contribution < 1.29 is 15.0 Å². The van der Waals surface area contributed by atoms with Gasteiger partial charge in [-0.1, -0.05) is 6.07 Å². The molecule has 0 heterocycles. The summed E-state index contributed by atoms with van der Waals surface area (Å²) in [7, 11) is 0. The van der Waals surface area contributed by atoms with Crippen molar-refractivity contribution in [2.24, 2.45) is 0 Å². The number of amides is 1. The first-order valence-electron chi connectivity index (χ1n) is 5.43. The van der Waals surface area contributed by atoms with Gasteiger partial charge in [-0.25, -0.2) is 0 Å². The van der Waals surface area contributed by atoms with Gasteiger partial charge in [-0.15, -0.1) is 0 Å². The second kappa shape index (κ2) is 5.10. The van der Waals surface area contributed by atoms with E-state index < -0.39 is 5.91 Å². The largest absolute Gasteiger partial charge is 0.508 e. The quantitative estimate of drug-likeness (QED) is 0.766. The van der Waals surface area contributed by atoms with E-state index in [1.165, 1.54) is 18.2 Å². The number of carbonyl (C=O) groups is 1. The summed E-state index contributed by atoms with van der Waals surface area (Å²) in [6.45, 7) is 0. The lowest BCUT2D eigenvalue weighted by molar-refractivity contribution is 0.102. The van der Waals surface area contributed by atoms with Crippen molar-refractivity contribution >= 4 is 11.6 Å². The third-order valence-corrected chi connectivity index (χ3v) is 2.41. The molecule has 0 atom stereocenters. The molecule has 0 unspecified atom stereocenters. The fraction of sp³-hybridized carbons (Fsp3) is 0. The molecule has 0 spiro atoms. The van der Waals surface area contributed by atoms with Crippen molar-refractivity contribution in [3.63, 3.8) is 0 Å². The number of carbonyl (C=O) groups excluding carboxylic acids is 1. The highest BCUT2D eigenvalue weighted by Crippen LogP contribution is 2.21. The van der Waals surface area contributed by atoms with Crippen LogP contribution in [0.15, 0.2) is 42.5 Å². The van der Waals surface area contributed by atoms with Crippen LogP contribution in [0.1, 0.15) is 15.9 Å². The number of hydrogen-bond donors (Lipinski definition) is 3. The Kier molecular flexibility index (Phi) is 3.35. The van der Waals surface area contributed by atoms with Gasteiger partial charge in [0, 0.05) is 17.3 Å². The minimum atomic E-state index is -0.485. The number of phenolic OH excluding ortho intramolecular Hbond substituents is 2. The first-order chi connectivity index (χ1) is 9.08. The highest BCUT2D eigenvalue weighted by atomic mass is 16.3. The smallest absolute Gasteiger partial charge is 0.255 e. The van der Waals surface area contributed by atoms with Gasteiger partial charge in [-0.3, -0.25) is 4.79 Å². The maximum atomic E-state index is 11.9. The van der Waals surface area contributed by atoms with Crippen LogP contribution in [0.5, 0.6) is 11.5 Å². The molecule has 19 heavy (non-hydrogen) atoms. The van der Waals surface area contributed by atoms with Crippen molar-refractivity contribution in [1.29, 1.82) is 5.26 Å². The fourth-order valence-corrected chi connectivity index (χ4v) is 1.60. The lowest BCUT2D eigenvalue weighted by Gasteiger charge is -2.06. The van der Waals surface area contributed by atoms with Crippen molar-refractivity contribution in [1.82, 2.24) is 0 Å². The Morgan fingerprint density at radius 2 is 1.79 bits per heavy atom. The third-order valence-electron chi connectivity index (χ3n) is 2.41. The van der Waals surface area contributed by atoms with Crippen molar-refractivity contribution in [3.05, 3.63) is 53.6 Å². The van der Waals surface area contributed by atoms with E-state index in [1.807, 2.05) is 6.07 Å². The van der Waals surface area contributed by atoms with Gasteiger partial charge in [-0.2, -0.15) is 5.26 Å². The molecule has 0 radical (unpaired) electrons. The molecular formula is C14H10N2O3. The standard InChI is InChI=1S/C14H10N2O3/c15-8-9-2-1-3-11(4-9)16-14(19)10-5-12(17)7-13(18)6-10/h1-7,17-18H,(H,16,19). The SMILES string of the molecule is N#Cc1cccc(NC(=O)c2cc(O)cc(O)c2)c1. The maximum Gasteiger partial charge on any atom is 0.255 e. The van der Waals surface area contributed by atoms with Crippen LogP contribution in [0.4, 0.5) is 5.69 Å². The number of phenols is 2. The number of nitrogens with one attached hydrogen (secondary N) is 1. The summed E-state index contributed by atoms with van der Waals surface area (Å²) in [4.78, 5) is 11.9. The molecule has 3 N–H and O–H groups in total. The molecule has 0 fully saturated rings.